The highest BCUT2D eigenvalue weighted by molar-refractivity contribution is 5.92. The minimum absolute atomic E-state index is 0.0569. The van der Waals surface area contributed by atoms with Crippen LogP contribution in [0.4, 0.5) is 0 Å². The monoisotopic (exact) mass is 262 g/mol. The Hall–Kier alpha value is -1.58. The summed E-state index contributed by atoms with van der Waals surface area (Å²) in [4.78, 5) is 28.0. The summed E-state index contributed by atoms with van der Waals surface area (Å²) >= 11 is 0. The van der Waals surface area contributed by atoms with Gasteiger partial charge in [-0.15, -0.1) is 0 Å². The molecule has 1 amide bonds. The Morgan fingerprint density at radius 3 is 2.42 bits per heavy atom. The van der Waals surface area contributed by atoms with Crippen LogP contribution in [-0.4, -0.2) is 28.9 Å². The first-order valence-electron chi connectivity index (χ1n) is 7.09. The zero-order valence-corrected chi connectivity index (χ0v) is 11.7. The first-order valence-corrected chi connectivity index (χ1v) is 7.09. The highest BCUT2D eigenvalue weighted by Crippen LogP contribution is 2.38. The summed E-state index contributed by atoms with van der Waals surface area (Å²) in [5.41, 5.74) is 0.577. The number of aromatic amines is 1. The van der Waals surface area contributed by atoms with Crippen LogP contribution in [0.3, 0.4) is 0 Å². The van der Waals surface area contributed by atoms with Gasteiger partial charge in [0.25, 0.3) is 5.91 Å². The molecular weight excluding hydrogens is 240 g/mol. The number of H-pyrrole nitrogens is 1. The van der Waals surface area contributed by atoms with Crippen LogP contribution in [0, 0.1) is 5.41 Å². The number of pyridine rings is 1. The van der Waals surface area contributed by atoms with Crippen LogP contribution in [0.1, 0.15) is 50.0 Å². The van der Waals surface area contributed by atoms with Crippen LogP contribution in [0.15, 0.2) is 23.0 Å². The Morgan fingerprint density at radius 2 is 1.89 bits per heavy atom. The van der Waals surface area contributed by atoms with E-state index in [2.05, 4.69) is 18.8 Å². The van der Waals surface area contributed by atoms with Gasteiger partial charge in [0.15, 0.2) is 0 Å². The van der Waals surface area contributed by atoms with Crippen LogP contribution < -0.4 is 5.56 Å². The van der Waals surface area contributed by atoms with Crippen molar-refractivity contribution in [2.24, 2.45) is 5.41 Å². The van der Waals surface area contributed by atoms with E-state index in [0.29, 0.717) is 11.1 Å². The van der Waals surface area contributed by atoms with Gasteiger partial charge in [-0.1, -0.05) is 32.8 Å². The lowest BCUT2D eigenvalue weighted by molar-refractivity contribution is 0.0552. The molecule has 1 saturated heterocycles. The Balaban J connectivity index is 2.06. The molecule has 0 unspecified atom stereocenters. The topological polar surface area (TPSA) is 53.2 Å². The second-order valence-electron chi connectivity index (χ2n) is 5.43. The predicted octanol–water partition coefficient (Wildman–Crippen LogP) is 2.42. The van der Waals surface area contributed by atoms with Gasteiger partial charge in [0.2, 0.25) is 5.56 Å². The molecule has 104 valence electrons. The second kappa shape index (κ2) is 5.59. The Morgan fingerprint density at radius 1 is 1.26 bits per heavy atom. The summed E-state index contributed by atoms with van der Waals surface area (Å²) < 4.78 is 0. The van der Waals surface area contributed by atoms with Crippen molar-refractivity contribution in [3.05, 3.63) is 34.2 Å². The molecule has 1 aromatic rings. The van der Waals surface area contributed by atoms with E-state index < -0.39 is 0 Å². The van der Waals surface area contributed by atoms with E-state index in [4.69, 9.17) is 0 Å². The third kappa shape index (κ3) is 2.88. The van der Waals surface area contributed by atoms with Crippen molar-refractivity contribution >= 4 is 5.91 Å². The number of piperidine rings is 1. The zero-order valence-electron chi connectivity index (χ0n) is 11.7. The Bertz CT molecular complexity index is 493. The molecule has 1 aromatic heterocycles. The standard InChI is InChI=1S/C15H22N2O2/c1-3-15(4-2)8-10-17(11-9-15)14(19)12-6-5-7-13(18)16-12/h5-7H,3-4,8-11H2,1-2H3,(H,16,18). The maximum atomic E-state index is 12.3. The lowest BCUT2D eigenvalue weighted by Crippen LogP contribution is -2.43. The third-order valence-electron chi connectivity index (χ3n) is 4.61. The molecule has 1 aliphatic rings. The van der Waals surface area contributed by atoms with Gasteiger partial charge in [0.1, 0.15) is 5.69 Å². The van der Waals surface area contributed by atoms with Crippen molar-refractivity contribution in [2.45, 2.75) is 39.5 Å². The van der Waals surface area contributed by atoms with Gasteiger partial charge in [0.05, 0.1) is 0 Å². The summed E-state index contributed by atoms with van der Waals surface area (Å²) in [6, 6.07) is 4.72. The van der Waals surface area contributed by atoms with Crippen molar-refractivity contribution in [1.82, 2.24) is 9.88 Å². The van der Waals surface area contributed by atoms with E-state index in [-0.39, 0.29) is 11.5 Å². The van der Waals surface area contributed by atoms with Gasteiger partial charge in [-0.05, 0) is 24.3 Å². The second-order valence-corrected chi connectivity index (χ2v) is 5.43. The molecule has 2 rings (SSSR count). The van der Waals surface area contributed by atoms with Crippen LogP contribution >= 0.6 is 0 Å². The number of likely N-dealkylation sites (tertiary alicyclic amines) is 1. The SMILES string of the molecule is CCC1(CC)CCN(C(=O)c2cccc(=O)[nH]2)CC1. The largest absolute Gasteiger partial charge is 0.337 e. The highest BCUT2D eigenvalue weighted by Gasteiger charge is 2.33. The van der Waals surface area contributed by atoms with Crippen molar-refractivity contribution in [2.75, 3.05) is 13.1 Å². The maximum Gasteiger partial charge on any atom is 0.270 e. The number of aromatic nitrogens is 1. The number of carbonyl (C=O) groups excluding carboxylic acids is 1. The van der Waals surface area contributed by atoms with Gasteiger partial charge < -0.3 is 9.88 Å². The van der Waals surface area contributed by atoms with Gasteiger partial charge >= 0.3 is 0 Å². The third-order valence-corrected chi connectivity index (χ3v) is 4.61. The van der Waals surface area contributed by atoms with E-state index in [1.54, 1.807) is 12.1 Å². The number of amides is 1. The minimum Gasteiger partial charge on any atom is -0.337 e. The number of carbonyl (C=O) groups is 1. The fraction of sp³-hybridized carbons (Fsp3) is 0.600. The van der Waals surface area contributed by atoms with Gasteiger partial charge in [0, 0.05) is 19.2 Å². The van der Waals surface area contributed by atoms with Crippen molar-refractivity contribution in [3.63, 3.8) is 0 Å². The van der Waals surface area contributed by atoms with E-state index in [9.17, 15) is 9.59 Å². The van der Waals surface area contributed by atoms with Gasteiger partial charge in [-0.3, -0.25) is 9.59 Å². The Kier molecular flexibility index (Phi) is 4.08. The minimum atomic E-state index is -0.223. The van der Waals surface area contributed by atoms with Crippen molar-refractivity contribution in [3.8, 4) is 0 Å². The maximum absolute atomic E-state index is 12.3. The average Bonchev–Trinajstić information content (AvgIpc) is 2.46. The summed E-state index contributed by atoms with van der Waals surface area (Å²) in [5, 5.41) is 0. The molecule has 1 N–H and O–H groups in total. The van der Waals surface area contributed by atoms with Crippen LogP contribution in [0.5, 0.6) is 0 Å². The van der Waals surface area contributed by atoms with Gasteiger partial charge in [-0.25, -0.2) is 0 Å². The molecule has 19 heavy (non-hydrogen) atoms. The molecule has 0 spiro atoms. The van der Waals surface area contributed by atoms with Crippen molar-refractivity contribution < 1.29 is 4.79 Å². The number of hydrogen-bond donors (Lipinski definition) is 1. The molecule has 0 aromatic carbocycles. The number of rotatable bonds is 3. The van der Waals surface area contributed by atoms with Crippen LogP contribution in [-0.2, 0) is 0 Å². The smallest absolute Gasteiger partial charge is 0.270 e. The van der Waals surface area contributed by atoms with E-state index in [1.165, 1.54) is 18.9 Å². The first-order chi connectivity index (χ1) is 9.10. The zero-order chi connectivity index (χ0) is 13.9. The summed E-state index contributed by atoms with van der Waals surface area (Å²) in [6.45, 7) is 6.04. The molecule has 2 heterocycles. The number of nitrogens with zero attached hydrogens (tertiary/aromatic N) is 1. The molecule has 1 fully saturated rings. The fourth-order valence-electron chi connectivity index (χ4n) is 2.88. The molecular formula is C15H22N2O2. The highest BCUT2D eigenvalue weighted by atomic mass is 16.2. The van der Waals surface area contributed by atoms with Gasteiger partial charge in [-0.2, -0.15) is 0 Å². The quantitative estimate of drug-likeness (QED) is 0.909. The average molecular weight is 262 g/mol. The number of nitrogens with one attached hydrogen (secondary N) is 1. The summed E-state index contributed by atoms with van der Waals surface area (Å²) in [6.07, 6.45) is 4.47. The summed E-state index contributed by atoms with van der Waals surface area (Å²) in [5.74, 6) is -0.0569. The molecule has 0 radical (unpaired) electrons. The Labute approximate surface area is 113 Å². The van der Waals surface area contributed by atoms with Crippen molar-refractivity contribution in [1.29, 1.82) is 0 Å². The molecule has 0 atom stereocenters. The lowest BCUT2D eigenvalue weighted by atomic mass is 9.74. The molecule has 0 bridgehead atoms. The molecule has 4 nitrogen and oxygen atoms in total. The van der Waals surface area contributed by atoms with Crippen LogP contribution in [0.25, 0.3) is 0 Å². The van der Waals surface area contributed by atoms with E-state index in [0.717, 1.165) is 25.9 Å². The molecule has 4 heteroatoms. The summed E-state index contributed by atoms with van der Waals surface area (Å²) in [7, 11) is 0. The molecule has 0 aliphatic carbocycles. The fourth-order valence-corrected chi connectivity index (χ4v) is 2.88. The van der Waals surface area contributed by atoms with E-state index >= 15 is 0 Å². The number of hydrogen-bond acceptors (Lipinski definition) is 2. The molecule has 0 saturated carbocycles. The lowest BCUT2D eigenvalue weighted by Gasteiger charge is -2.40. The molecule has 1 aliphatic heterocycles. The normalized spacial score (nSPS) is 18.3. The van der Waals surface area contributed by atoms with Crippen LogP contribution in [0.2, 0.25) is 0 Å². The first kappa shape index (κ1) is 13.8. The van der Waals surface area contributed by atoms with E-state index in [1.807, 2.05) is 4.90 Å². The predicted molar refractivity (Wildman–Crippen MR) is 75.2 cm³/mol.